The van der Waals surface area contributed by atoms with Crippen LogP contribution < -0.4 is 11.1 Å². The first-order chi connectivity index (χ1) is 7.49. The molecule has 0 aliphatic rings. The van der Waals surface area contributed by atoms with Gasteiger partial charge in [0.25, 0.3) is 5.91 Å². The van der Waals surface area contributed by atoms with Crippen LogP contribution in [0.1, 0.15) is 29.8 Å². The molecule has 4 heteroatoms. The molecule has 0 aliphatic carbocycles. The predicted octanol–water partition coefficient (Wildman–Crippen LogP) is 1.65. The molecule has 0 saturated carbocycles. The summed E-state index contributed by atoms with van der Waals surface area (Å²) in [5.41, 5.74) is 7.07. The molecule has 0 fully saturated rings. The van der Waals surface area contributed by atoms with E-state index in [4.69, 9.17) is 18.0 Å². The molecule has 1 amide bonds. The lowest BCUT2D eigenvalue weighted by atomic mass is 10.1. The van der Waals surface area contributed by atoms with Crippen LogP contribution in [0, 0.1) is 0 Å². The molecule has 3 N–H and O–H groups in total. The van der Waals surface area contributed by atoms with Crippen molar-refractivity contribution < 1.29 is 4.79 Å². The lowest BCUT2D eigenvalue weighted by molar-refractivity contribution is 0.0943. The van der Waals surface area contributed by atoms with E-state index in [0.29, 0.717) is 17.0 Å². The fourth-order valence-corrected chi connectivity index (χ4v) is 1.54. The normalized spacial score (nSPS) is 10.2. The van der Waals surface area contributed by atoms with Crippen LogP contribution in [-0.2, 0) is 6.42 Å². The van der Waals surface area contributed by atoms with Crippen LogP contribution in [0.5, 0.6) is 0 Å². The number of nitrogens with one attached hydrogen (secondary N) is 1. The van der Waals surface area contributed by atoms with Crippen molar-refractivity contribution >= 4 is 23.1 Å². The molecule has 1 rings (SSSR count). The minimum Gasteiger partial charge on any atom is -0.393 e. The van der Waals surface area contributed by atoms with E-state index in [1.54, 1.807) is 6.07 Å². The van der Waals surface area contributed by atoms with Crippen molar-refractivity contribution in [3.05, 3.63) is 35.4 Å². The van der Waals surface area contributed by atoms with Gasteiger partial charge >= 0.3 is 0 Å². The fourth-order valence-electron chi connectivity index (χ4n) is 1.37. The molecule has 0 atom stereocenters. The van der Waals surface area contributed by atoms with Crippen molar-refractivity contribution in [2.45, 2.75) is 26.3 Å². The number of thiocarbonyl (C=S) groups is 1. The highest BCUT2D eigenvalue weighted by atomic mass is 32.1. The summed E-state index contributed by atoms with van der Waals surface area (Å²) >= 11 is 4.83. The molecule has 0 spiro atoms. The Labute approximate surface area is 101 Å². The van der Waals surface area contributed by atoms with Gasteiger partial charge in [-0.2, -0.15) is 0 Å². The zero-order valence-corrected chi connectivity index (χ0v) is 10.3. The van der Waals surface area contributed by atoms with Gasteiger partial charge < -0.3 is 11.1 Å². The largest absolute Gasteiger partial charge is 0.393 e. The van der Waals surface area contributed by atoms with Gasteiger partial charge in [-0.25, -0.2) is 0 Å². The van der Waals surface area contributed by atoms with E-state index in [1.165, 1.54) is 0 Å². The molecule has 0 aliphatic heterocycles. The lowest BCUT2D eigenvalue weighted by Crippen LogP contribution is -2.30. The van der Waals surface area contributed by atoms with Crippen LogP contribution in [0.3, 0.4) is 0 Å². The van der Waals surface area contributed by atoms with Gasteiger partial charge in [-0.1, -0.05) is 24.4 Å². The van der Waals surface area contributed by atoms with Crippen LogP contribution in [0.2, 0.25) is 0 Å². The van der Waals surface area contributed by atoms with Gasteiger partial charge in [0.15, 0.2) is 0 Å². The highest BCUT2D eigenvalue weighted by Gasteiger charge is 2.07. The third-order valence-corrected chi connectivity index (χ3v) is 2.13. The minimum absolute atomic E-state index is 0.0696. The smallest absolute Gasteiger partial charge is 0.251 e. The maximum atomic E-state index is 11.7. The number of benzene rings is 1. The van der Waals surface area contributed by atoms with E-state index < -0.39 is 0 Å². The molecule has 16 heavy (non-hydrogen) atoms. The van der Waals surface area contributed by atoms with E-state index in [2.05, 4.69) is 5.32 Å². The van der Waals surface area contributed by atoms with Crippen LogP contribution >= 0.6 is 12.2 Å². The van der Waals surface area contributed by atoms with Crippen molar-refractivity contribution in [1.82, 2.24) is 5.32 Å². The molecule has 0 radical (unpaired) electrons. The first-order valence-corrected chi connectivity index (χ1v) is 5.58. The molecule has 86 valence electrons. The van der Waals surface area contributed by atoms with Gasteiger partial charge in [0, 0.05) is 18.0 Å². The van der Waals surface area contributed by atoms with Crippen molar-refractivity contribution in [1.29, 1.82) is 0 Å². The first-order valence-electron chi connectivity index (χ1n) is 5.17. The molecule has 0 unspecified atom stereocenters. The van der Waals surface area contributed by atoms with Crippen molar-refractivity contribution in [3.63, 3.8) is 0 Å². The third kappa shape index (κ3) is 3.98. The molecule has 0 bridgehead atoms. The zero-order valence-electron chi connectivity index (χ0n) is 9.49. The number of amides is 1. The highest BCUT2D eigenvalue weighted by molar-refractivity contribution is 7.80. The quantitative estimate of drug-likeness (QED) is 0.782. The summed E-state index contributed by atoms with van der Waals surface area (Å²) in [7, 11) is 0. The molecular weight excluding hydrogens is 220 g/mol. The Kier molecular flexibility index (Phi) is 4.43. The number of rotatable bonds is 4. The average Bonchev–Trinajstić information content (AvgIpc) is 2.16. The van der Waals surface area contributed by atoms with E-state index in [-0.39, 0.29) is 11.9 Å². The molecular formula is C12H16N2OS. The van der Waals surface area contributed by atoms with Gasteiger partial charge in [-0.05, 0) is 31.5 Å². The number of carbonyl (C=O) groups is 1. The molecule has 3 nitrogen and oxygen atoms in total. The van der Waals surface area contributed by atoms with E-state index in [1.807, 2.05) is 32.0 Å². The summed E-state index contributed by atoms with van der Waals surface area (Å²) in [6.45, 7) is 3.85. The van der Waals surface area contributed by atoms with Crippen molar-refractivity contribution in [2.24, 2.45) is 5.73 Å². The second kappa shape index (κ2) is 5.61. The maximum absolute atomic E-state index is 11.7. The summed E-state index contributed by atoms with van der Waals surface area (Å²) in [6.07, 6.45) is 0.526. The molecule has 0 heterocycles. The Morgan fingerprint density at radius 3 is 2.75 bits per heavy atom. The Morgan fingerprint density at radius 2 is 2.19 bits per heavy atom. The van der Waals surface area contributed by atoms with Crippen LogP contribution in [0.15, 0.2) is 24.3 Å². The van der Waals surface area contributed by atoms with E-state index >= 15 is 0 Å². The monoisotopic (exact) mass is 236 g/mol. The van der Waals surface area contributed by atoms with Crippen molar-refractivity contribution in [2.75, 3.05) is 0 Å². The Bertz CT molecular complexity index is 402. The SMILES string of the molecule is CC(C)NC(=O)c1cccc(CC(N)=S)c1. The second-order valence-electron chi connectivity index (χ2n) is 3.97. The van der Waals surface area contributed by atoms with Gasteiger partial charge in [0.05, 0.1) is 4.99 Å². The van der Waals surface area contributed by atoms with Gasteiger partial charge in [-0.3, -0.25) is 4.79 Å². The second-order valence-corrected chi connectivity index (χ2v) is 4.50. The molecule has 1 aromatic carbocycles. The van der Waals surface area contributed by atoms with Crippen LogP contribution in [0.25, 0.3) is 0 Å². The summed E-state index contributed by atoms with van der Waals surface area (Å²) < 4.78 is 0. The number of nitrogens with two attached hydrogens (primary N) is 1. The van der Waals surface area contributed by atoms with E-state index in [9.17, 15) is 4.79 Å². The number of carbonyl (C=O) groups excluding carboxylic acids is 1. The standard InChI is InChI=1S/C12H16N2OS/c1-8(2)14-12(15)10-5-3-4-9(6-10)7-11(13)16/h3-6,8H,7H2,1-2H3,(H2,13,16)(H,14,15). The Morgan fingerprint density at radius 1 is 1.50 bits per heavy atom. The highest BCUT2D eigenvalue weighted by Crippen LogP contribution is 2.06. The third-order valence-electron chi connectivity index (χ3n) is 1.99. The predicted molar refractivity (Wildman–Crippen MR) is 69.5 cm³/mol. The molecule has 0 aromatic heterocycles. The van der Waals surface area contributed by atoms with Crippen LogP contribution in [0.4, 0.5) is 0 Å². The van der Waals surface area contributed by atoms with Gasteiger partial charge in [0.2, 0.25) is 0 Å². The maximum Gasteiger partial charge on any atom is 0.251 e. The van der Waals surface area contributed by atoms with E-state index in [0.717, 1.165) is 5.56 Å². The van der Waals surface area contributed by atoms with Gasteiger partial charge in [-0.15, -0.1) is 0 Å². The fraction of sp³-hybridized carbons (Fsp3) is 0.333. The average molecular weight is 236 g/mol. The Balaban J connectivity index is 2.81. The van der Waals surface area contributed by atoms with Crippen LogP contribution in [-0.4, -0.2) is 16.9 Å². The van der Waals surface area contributed by atoms with Crippen molar-refractivity contribution in [3.8, 4) is 0 Å². The summed E-state index contributed by atoms with van der Waals surface area (Å²) in [6, 6.07) is 7.47. The number of hydrogen-bond donors (Lipinski definition) is 2. The summed E-state index contributed by atoms with van der Waals surface area (Å²) in [5, 5.41) is 2.84. The topological polar surface area (TPSA) is 55.1 Å². The lowest BCUT2D eigenvalue weighted by Gasteiger charge is -2.09. The summed E-state index contributed by atoms with van der Waals surface area (Å²) in [4.78, 5) is 12.1. The zero-order chi connectivity index (χ0) is 12.1. The molecule has 1 aromatic rings. The molecule has 0 saturated heterocycles. The Hall–Kier alpha value is -1.42. The minimum atomic E-state index is -0.0696. The first kappa shape index (κ1) is 12.6. The van der Waals surface area contributed by atoms with Gasteiger partial charge in [0.1, 0.15) is 0 Å². The number of hydrogen-bond acceptors (Lipinski definition) is 2. The summed E-state index contributed by atoms with van der Waals surface area (Å²) in [5.74, 6) is -0.0696.